The van der Waals surface area contributed by atoms with Crippen molar-refractivity contribution in [3.63, 3.8) is 0 Å². The Morgan fingerprint density at radius 2 is 1.94 bits per heavy atom. The highest BCUT2D eigenvalue weighted by atomic mass is 32.2. The van der Waals surface area contributed by atoms with Crippen LogP contribution in [0.3, 0.4) is 0 Å². The van der Waals surface area contributed by atoms with Gasteiger partial charge in [0.25, 0.3) is 0 Å². The monoisotopic (exact) mass is 264 g/mol. The maximum Gasteiger partial charge on any atom is 0.416 e. The molecule has 17 heavy (non-hydrogen) atoms. The first-order valence-corrected chi connectivity index (χ1v) is 5.81. The normalized spacial score (nSPS) is 12.2. The van der Waals surface area contributed by atoms with Crippen molar-refractivity contribution >= 4 is 10.0 Å². The highest BCUT2D eigenvalue weighted by Crippen LogP contribution is 2.33. The first kappa shape index (κ1) is 13.5. The molecule has 1 rings (SSSR count). The molecule has 92 valence electrons. The van der Waals surface area contributed by atoms with E-state index in [1.165, 1.54) is 0 Å². The zero-order valence-corrected chi connectivity index (χ0v) is 9.14. The average Bonchev–Trinajstić information content (AvgIpc) is 2.15. The van der Waals surface area contributed by atoms with Crippen molar-refractivity contribution in [3.05, 3.63) is 29.3 Å². The molecule has 0 aliphatic carbocycles. The zero-order chi connectivity index (χ0) is 13.3. The summed E-state index contributed by atoms with van der Waals surface area (Å²) in [5.74, 6) is 0. The van der Waals surface area contributed by atoms with E-state index in [0.29, 0.717) is 6.07 Å². The number of nitriles is 1. The Bertz CT molecular complexity index is 573. The Kier molecular flexibility index (Phi) is 3.45. The molecule has 0 aliphatic rings. The van der Waals surface area contributed by atoms with Gasteiger partial charge in [0.1, 0.15) is 0 Å². The summed E-state index contributed by atoms with van der Waals surface area (Å²) in [6.07, 6.45) is -5.19. The minimum Gasteiger partial charge on any atom is -0.225 e. The van der Waals surface area contributed by atoms with Gasteiger partial charge in [-0.25, -0.2) is 13.6 Å². The molecule has 0 saturated carbocycles. The van der Waals surface area contributed by atoms with Gasteiger partial charge in [0.15, 0.2) is 0 Å². The smallest absolute Gasteiger partial charge is 0.225 e. The fourth-order valence-electron chi connectivity index (χ4n) is 1.24. The SMILES string of the molecule is N#CCc1ccc(S(N)(=O)=O)cc1C(F)(F)F. The van der Waals surface area contributed by atoms with Gasteiger partial charge in [-0.05, 0) is 17.7 Å². The molecule has 1 aromatic rings. The highest BCUT2D eigenvalue weighted by molar-refractivity contribution is 7.89. The summed E-state index contributed by atoms with van der Waals surface area (Å²) in [7, 11) is -4.20. The third-order valence-corrected chi connectivity index (χ3v) is 2.90. The Labute approximate surface area is 95.5 Å². The maximum absolute atomic E-state index is 12.6. The Hall–Kier alpha value is -1.59. The molecular weight excluding hydrogens is 257 g/mol. The topological polar surface area (TPSA) is 83.9 Å². The molecule has 0 unspecified atom stereocenters. The molecule has 2 N–H and O–H groups in total. The molecule has 0 amide bonds. The summed E-state index contributed by atoms with van der Waals surface area (Å²) in [5, 5.41) is 13.1. The third kappa shape index (κ3) is 3.18. The number of alkyl halides is 3. The van der Waals surface area contributed by atoms with Crippen LogP contribution >= 0.6 is 0 Å². The summed E-state index contributed by atoms with van der Waals surface area (Å²) in [6.45, 7) is 0. The number of nitrogens with two attached hydrogens (primary N) is 1. The number of sulfonamides is 1. The summed E-state index contributed by atoms with van der Waals surface area (Å²) in [4.78, 5) is -0.633. The molecule has 0 radical (unpaired) electrons. The first-order valence-electron chi connectivity index (χ1n) is 4.26. The number of primary sulfonamides is 1. The van der Waals surface area contributed by atoms with Crippen LogP contribution in [0.4, 0.5) is 13.2 Å². The highest BCUT2D eigenvalue weighted by Gasteiger charge is 2.34. The van der Waals surface area contributed by atoms with Crippen LogP contribution in [0.1, 0.15) is 11.1 Å². The number of benzene rings is 1. The number of hydrogen-bond acceptors (Lipinski definition) is 3. The van der Waals surface area contributed by atoms with Crippen molar-refractivity contribution in [1.82, 2.24) is 0 Å². The van der Waals surface area contributed by atoms with E-state index >= 15 is 0 Å². The van der Waals surface area contributed by atoms with E-state index in [2.05, 4.69) is 0 Å². The fourth-order valence-corrected chi connectivity index (χ4v) is 1.78. The molecule has 0 atom stereocenters. The van der Waals surface area contributed by atoms with E-state index in [1.54, 1.807) is 6.07 Å². The van der Waals surface area contributed by atoms with Gasteiger partial charge >= 0.3 is 6.18 Å². The van der Waals surface area contributed by atoms with Crippen molar-refractivity contribution in [2.75, 3.05) is 0 Å². The van der Waals surface area contributed by atoms with Crippen LogP contribution in [-0.2, 0) is 22.6 Å². The number of halogens is 3. The lowest BCUT2D eigenvalue weighted by Gasteiger charge is -2.12. The molecule has 4 nitrogen and oxygen atoms in total. The second-order valence-electron chi connectivity index (χ2n) is 3.20. The molecule has 1 aromatic carbocycles. The molecule has 0 bridgehead atoms. The molecule has 0 aliphatic heterocycles. The largest absolute Gasteiger partial charge is 0.416 e. The van der Waals surface area contributed by atoms with Crippen LogP contribution < -0.4 is 5.14 Å². The minimum atomic E-state index is -4.73. The number of hydrogen-bond donors (Lipinski definition) is 1. The Morgan fingerprint density at radius 3 is 2.35 bits per heavy atom. The second-order valence-corrected chi connectivity index (χ2v) is 4.76. The van der Waals surface area contributed by atoms with Crippen molar-refractivity contribution in [3.8, 4) is 6.07 Å². The quantitative estimate of drug-likeness (QED) is 0.876. The van der Waals surface area contributed by atoms with E-state index in [-0.39, 0.29) is 5.56 Å². The maximum atomic E-state index is 12.6. The van der Waals surface area contributed by atoms with Gasteiger partial charge in [0.05, 0.1) is 22.9 Å². The molecule has 8 heteroatoms. The summed E-state index contributed by atoms with van der Waals surface area (Å²) in [5.41, 5.74) is -1.45. The van der Waals surface area contributed by atoms with Gasteiger partial charge in [0.2, 0.25) is 10.0 Å². The van der Waals surface area contributed by atoms with Crippen molar-refractivity contribution in [1.29, 1.82) is 5.26 Å². The predicted molar refractivity (Wildman–Crippen MR) is 52.1 cm³/mol. The molecule has 0 saturated heterocycles. The lowest BCUT2D eigenvalue weighted by atomic mass is 10.1. The van der Waals surface area contributed by atoms with Gasteiger partial charge in [0, 0.05) is 0 Å². The lowest BCUT2D eigenvalue weighted by Crippen LogP contribution is -2.15. The van der Waals surface area contributed by atoms with E-state index in [4.69, 9.17) is 10.4 Å². The van der Waals surface area contributed by atoms with Gasteiger partial charge in [-0.3, -0.25) is 0 Å². The van der Waals surface area contributed by atoms with E-state index in [9.17, 15) is 21.6 Å². The summed E-state index contributed by atoms with van der Waals surface area (Å²) in [6, 6.07) is 3.88. The van der Waals surface area contributed by atoms with E-state index in [1.807, 2.05) is 0 Å². The van der Waals surface area contributed by atoms with Gasteiger partial charge in [-0.1, -0.05) is 6.07 Å². The average molecular weight is 264 g/mol. The van der Waals surface area contributed by atoms with Gasteiger partial charge < -0.3 is 0 Å². The lowest BCUT2D eigenvalue weighted by molar-refractivity contribution is -0.138. The minimum absolute atomic E-state index is 0.285. The zero-order valence-electron chi connectivity index (χ0n) is 8.32. The van der Waals surface area contributed by atoms with E-state index in [0.717, 1.165) is 12.1 Å². The van der Waals surface area contributed by atoms with Gasteiger partial charge in [-0.15, -0.1) is 0 Å². The van der Waals surface area contributed by atoms with Crippen molar-refractivity contribution < 1.29 is 21.6 Å². The standard InChI is InChI=1S/C9H7F3N2O2S/c10-9(11,12)8-5-7(17(14,15)16)2-1-6(8)3-4-13/h1-2,5H,3H2,(H2,14,15,16). The number of rotatable bonds is 2. The van der Waals surface area contributed by atoms with Crippen LogP contribution in [0.5, 0.6) is 0 Å². The molecule has 0 aromatic heterocycles. The number of nitrogens with zero attached hydrogens (tertiary/aromatic N) is 1. The van der Waals surface area contributed by atoms with Crippen LogP contribution in [0.25, 0.3) is 0 Å². The Balaban J connectivity index is 3.46. The van der Waals surface area contributed by atoms with Crippen LogP contribution in [0.2, 0.25) is 0 Å². The second kappa shape index (κ2) is 4.35. The molecule has 0 spiro atoms. The van der Waals surface area contributed by atoms with Gasteiger partial charge in [-0.2, -0.15) is 18.4 Å². The molecule has 0 heterocycles. The van der Waals surface area contributed by atoms with Crippen LogP contribution in [0.15, 0.2) is 23.1 Å². The summed E-state index contributed by atoms with van der Waals surface area (Å²) < 4.78 is 59.6. The van der Waals surface area contributed by atoms with Crippen LogP contribution in [-0.4, -0.2) is 8.42 Å². The summed E-state index contributed by atoms with van der Waals surface area (Å²) >= 11 is 0. The van der Waals surface area contributed by atoms with Crippen molar-refractivity contribution in [2.45, 2.75) is 17.5 Å². The Morgan fingerprint density at radius 1 is 1.35 bits per heavy atom. The molecule has 0 fully saturated rings. The van der Waals surface area contributed by atoms with Crippen LogP contribution in [0, 0.1) is 11.3 Å². The van der Waals surface area contributed by atoms with E-state index < -0.39 is 33.1 Å². The first-order chi connectivity index (χ1) is 7.66. The third-order valence-electron chi connectivity index (χ3n) is 1.98. The molecular formula is C9H7F3N2O2S. The predicted octanol–water partition coefficient (Wildman–Crippen LogP) is 1.42. The fraction of sp³-hybridized carbons (Fsp3) is 0.222. The van der Waals surface area contributed by atoms with Crippen molar-refractivity contribution in [2.24, 2.45) is 5.14 Å².